The summed E-state index contributed by atoms with van der Waals surface area (Å²) < 4.78 is 11.6. The molecule has 1 aromatic heterocycles. The fourth-order valence-electron chi connectivity index (χ4n) is 2.48. The highest BCUT2D eigenvalue weighted by Gasteiger charge is 2.11. The van der Waals surface area contributed by atoms with Gasteiger partial charge in [-0.25, -0.2) is 0 Å². The van der Waals surface area contributed by atoms with Crippen LogP contribution in [0, 0.1) is 6.92 Å². The second-order valence-electron chi connectivity index (χ2n) is 6.06. The van der Waals surface area contributed by atoms with Crippen LogP contribution in [-0.2, 0) is 17.8 Å². The molecule has 0 aliphatic rings. The average molecular weight is 430 g/mol. The molecule has 0 radical (unpaired) electrons. The van der Waals surface area contributed by atoms with E-state index in [1.54, 1.807) is 0 Å². The van der Waals surface area contributed by atoms with Crippen molar-refractivity contribution in [1.29, 1.82) is 0 Å². The lowest BCUT2D eigenvalue weighted by molar-refractivity contribution is -0.123. The Morgan fingerprint density at radius 2 is 2.11 bits per heavy atom. The normalized spacial score (nSPS) is 10.6. The van der Waals surface area contributed by atoms with Gasteiger partial charge in [0.05, 0.1) is 11.0 Å². The van der Waals surface area contributed by atoms with Crippen LogP contribution in [-0.4, -0.2) is 22.7 Å². The highest BCUT2D eigenvalue weighted by Crippen LogP contribution is 2.26. The van der Waals surface area contributed by atoms with Gasteiger partial charge < -0.3 is 14.6 Å². The third-order valence-electron chi connectivity index (χ3n) is 3.94. The number of hydrogen-bond acceptors (Lipinski definition) is 5. The van der Waals surface area contributed by atoms with Crippen LogP contribution in [0.15, 0.2) is 51.5 Å². The summed E-state index contributed by atoms with van der Waals surface area (Å²) in [6.07, 6.45) is 0.939. The van der Waals surface area contributed by atoms with Crippen LogP contribution in [0.1, 0.15) is 23.9 Å². The lowest BCUT2D eigenvalue weighted by Crippen LogP contribution is -2.28. The van der Waals surface area contributed by atoms with Crippen LogP contribution in [0.5, 0.6) is 5.75 Å². The SMILES string of the molecule is CCc1ccc(OCC(=O)NCc2nc(-c3cccc(C)c3)no2)c(Br)c1. The molecule has 1 N–H and O–H groups in total. The average Bonchev–Trinajstić information content (AvgIpc) is 3.14. The number of rotatable bonds is 7. The Morgan fingerprint density at radius 1 is 1.26 bits per heavy atom. The summed E-state index contributed by atoms with van der Waals surface area (Å²) in [4.78, 5) is 16.3. The zero-order valence-electron chi connectivity index (χ0n) is 15.2. The smallest absolute Gasteiger partial charge is 0.258 e. The maximum absolute atomic E-state index is 12.0. The maximum Gasteiger partial charge on any atom is 0.258 e. The first-order valence-corrected chi connectivity index (χ1v) is 9.42. The number of aryl methyl sites for hydroxylation is 2. The van der Waals surface area contributed by atoms with Gasteiger partial charge in [0.25, 0.3) is 5.91 Å². The van der Waals surface area contributed by atoms with Crippen molar-refractivity contribution in [2.75, 3.05) is 6.61 Å². The van der Waals surface area contributed by atoms with Crippen molar-refractivity contribution in [1.82, 2.24) is 15.5 Å². The van der Waals surface area contributed by atoms with E-state index in [4.69, 9.17) is 9.26 Å². The van der Waals surface area contributed by atoms with Crippen molar-refractivity contribution in [3.05, 3.63) is 64.0 Å². The molecule has 0 spiro atoms. The summed E-state index contributed by atoms with van der Waals surface area (Å²) in [7, 11) is 0. The molecule has 0 fully saturated rings. The summed E-state index contributed by atoms with van der Waals surface area (Å²) in [5.41, 5.74) is 3.18. The van der Waals surface area contributed by atoms with E-state index >= 15 is 0 Å². The van der Waals surface area contributed by atoms with Crippen LogP contribution >= 0.6 is 15.9 Å². The lowest BCUT2D eigenvalue weighted by Gasteiger charge is -2.09. The molecule has 0 bridgehead atoms. The second-order valence-corrected chi connectivity index (χ2v) is 6.92. The molecule has 0 aliphatic heterocycles. The van der Waals surface area contributed by atoms with Gasteiger partial charge in [-0.1, -0.05) is 41.9 Å². The lowest BCUT2D eigenvalue weighted by atomic mass is 10.1. The number of halogens is 1. The first-order chi connectivity index (χ1) is 13.0. The number of ether oxygens (including phenoxy) is 1. The topological polar surface area (TPSA) is 77.2 Å². The summed E-state index contributed by atoms with van der Waals surface area (Å²) in [5.74, 6) is 1.20. The molecule has 0 unspecified atom stereocenters. The summed E-state index contributed by atoms with van der Waals surface area (Å²) in [6, 6.07) is 13.6. The Labute approximate surface area is 166 Å². The van der Waals surface area contributed by atoms with Gasteiger partial charge in [-0.05, 0) is 53.0 Å². The van der Waals surface area contributed by atoms with Crippen LogP contribution in [0.4, 0.5) is 0 Å². The van der Waals surface area contributed by atoms with E-state index < -0.39 is 0 Å². The molecule has 0 atom stereocenters. The standard InChI is InChI=1S/C20H20BrN3O3/c1-3-14-7-8-17(16(21)10-14)26-12-18(25)22-11-19-23-20(24-27-19)15-6-4-5-13(2)9-15/h4-10H,3,11-12H2,1-2H3,(H,22,25). The van der Waals surface area contributed by atoms with E-state index in [0.717, 1.165) is 22.0 Å². The molecule has 0 saturated carbocycles. The van der Waals surface area contributed by atoms with E-state index in [9.17, 15) is 4.79 Å². The van der Waals surface area contributed by atoms with Gasteiger partial charge in [0, 0.05) is 5.56 Å². The van der Waals surface area contributed by atoms with Crippen LogP contribution < -0.4 is 10.1 Å². The van der Waals surface area contributed by atoms with E-state index in [1.807, 2.05) is 49.4 Å². The Hall–Kier alpha value is -2.67. The van der Waals surface area contributed by atoms with Crippen molar-refractivity contribution >= 4 is 21.8 Å². The van der Waals surface area contributed by atoms with Crippen molar-refractivity contribution < 1.29 is 14.1 Å². The van der Waals surface area contributed by atoms with Crippen molar-refractivity contribution in [2.45, 2.75) is 26.8 Å². The Balaban J connectivity index is 1.51. The number of carbonyl (C=O) groups is 1. The molecule has 2 aromatic carbocycles. The highest BCUT2D eigenvalue weighted by molar-refractivity contribution is 9.10. The van der Waals surface area contributed by atoms with E-state index in [0.29, 0.717) is 17.5 Å². The van der Waals surface area contributed by atoms with E-state index in [-0.39, 0.29) is 19.1 Å². The Bertz CT molecular complexity index is 940. The number of nitrogens with zero attached hydrogens (tertiary/aromatic N) is 2. The fourth-order valence-corrected chi connectivity index (χ4v) is 3.02. The third kappa shape index (κ3) is 5.17. The van der Waals surface area contributed by atoms with Gasteiger partial charge in [-0.3, -0.25) is 4.79 Å². The van der Waals surface area contributed by atoms with Crippen LogP contribution in [0.25, 0.3) is 11.4 Å². The first kappa shape index (κ1) is 19.1. The molecule has 3 rings (SSSR count). The number of benzene rings is 2. The van der Waals surface area contributed by atoms with Gasteiger partial charge in [0.15, 0.2) is 6.61 Å². The largest absolute Gasteiger partial charge is 0.483 e. The quantitative estimate of drug-likeness (QED) is 0.612. The zero-order valence-corrected chi connectivity index (χ0v) is 16.7. The third-order valence-corrected chi connectivity index (χ3v) is 4.56. The number of hydrogen-bond donors (Lipinski definition) is 1. The molecule has 1 heterocycles. The molecular formula is C20H20BrN3O3. The Kier molecular flexibility index (Phi) is 6.24. The molecule has 3 aromatic rings. The van der Waals surface area contributed by atoms with Crippen LogP contribution in [0.3, 0.4) is 0 Å². The molecule has 0 saturated heterocycles. The minimum absolute atomic E-state index is 0.0943. The van der Waals surface area contributed by atoms with Crippen molar-refractivity contribution in [3.63, 3.8) is 0 Å². The van der Waals surface area contributed by atoms with Gasteiger partial charge in [0.1, 0.15) is 5.75 Å². The molecule has 7 heteroatoms. The molecule has 140 valence electrons. The van der Waals surface area contributed by atoms with Crippen molar-refractivity contribution in [2.24, 2.45) is 0 Å². The molecule has 6 nitrogen and oxygen atoms in total. The number of amides is 1. The van der Waals surface area contributed by atoms with E-state index in [2.05, 4.69) is 38.3 Å². The predicted octanol–water partition coefficient (Wildman–Crippen LogP) is 4.07. The molecule has 0 aliphatic carbocycles. The van der Waals surface area contributed by atoms with Gasteiger partial charge in [-0.2, -0.15) is 4.98 Å². The second kappa shape index (κ2) is 8.81. The molecule has 1 amide bonds. The molecule has 27 heavy (non-hydrogen) atoms. The minimum Gasteiger partial charge on any atom is -0.483 e. The van der Waals surface area contributed by atoms with Crippen LogP contribution in [0.2, 0.25) is 0 Å². The number of nitrogens with one attached hydrogen (secondary N) is 1. The summed E-state index contributed by atoms with van der Waals surface area (Å²) in [5, 5.41) is 6.66. The number of carbonyl (C=O) groups excluding carboxylic acids is 1. The Morgan fingerprint density at radius 3 is 2.85 bits per heavy atom. The molecular weight excluding hydrogens is 410 g/mol. The maximum atomic E-state index is 12.0. The van der Waals surface area contributed by atoms with E-state index in [1.165, 1.54) is 5.56 Å². The minimum atomic E-state index is -0.267. The van der Waals surface area contributed by atoms with Gasteiger partial charge in [0.2, 0.25) is 11.7 Å². The highest BCUT2D eigenvalue weighted by atomic mass is 79.9. The number of aromatic nitrogens is 2. The summed E-state index contributed by atoms with van der Waals surface area (Å²) in [6.45, 7) is 4.14. The van der Waals surface area contributed by atoms with Gasteiger partial charge in [-0.15, -0.1) is 0 Å². The van der Waals surface area contributed by atoms with Crippen molar-refractivity contribution in [3.8, 4) is 17.1 Å². The zero-order chi connectivity index (χ0) is 19.2. The fraction of sp³-hybridized carbons (Fsp3) is 0.250. The monoisotopic (exact) mass is 429 g/mol. The summed E-state index contributed by atoms with van der Waals surface area (Å²) >= 11 is 3.45. The first-order valence-electron chi connectivity index (χ1n) is 8.62. The van der Waals surface area contributed by atoms with Gasteiger partial charge >= 0.3 is 0 Å². The predicted molar refractivity (Wildman–Crippen MR) is 105 cm³/mol.